The van der Waals surface area contributed by atoms with Gasteiger partial charge in [-0.25, -0.2) is 0 Å². The van der Waals surface area contributed by atoms with Gasteiger partial charge in [-0.05, 0) is 23.6 Å². The van der Waals surface area contributed by atoms with Crippen molar-refractivity contribution in [2.24, 2.45) is 5.92 Å². The van der Waals surface area contributed by atoms with Gasteiger partial charge in [0.15, 0.2) is 11.5 Å². The smallest absolute Gasteiger partial charge is 0.161 e. The third kappa shape index (κ3) is 2.17. The van der Waals surface area contributed by atoms with E-state index >= 15 is 0 Å². The second-order valence-corrected chi connectivity index (χ2v) is 4.32. The highest BCUT2D eigenvalue weighted by Gasteiger charge is 2.36. The molecule has 18 heavy (non-hydrogen) atoms. The molecule has 4 nitrogen and oxygen atoms in total. The van der Waals surface area contributed by atoms with Crippen LogP contribution in [0.25, 0.3) is 0 Å². The van der Waals surface area contributed by atoms with Gasteiger partial charge in [0, 0.05) is 0 Å². The van der Waals surface area contributed by atoms with Gasteiger partial charge in [0.1, 0.15) is 11.7 Å². The van der Waals surface area contributed by atoms with Crippen LogP contribution in [0.2, 0.25) is 0 Å². The maximum absolute atomic E-state index is 11.4. The molecule has 1 rings (SSSR count). The van der Waals surface area contributed by atoms with E-state index < -0.39 is 5.41 Å². The molecule has 0 bridgehead atoms. The van der Waals surface area contributed by atoms with E-state index in [0.29, 0.717) is 23.3 Å². The van der Waals surface area contributed by atoms with Gasteiger partial charge >= 0.3 is 0 Å². The number of carbonyl (C=O) groups excluding carboxylic acids is 1. The highest BCUT2D eigenvalue weighted by atomic mass is 16.5. The molecule has 0 saturated carbocycles. The number of benzene rings is 1. The lowest BCUT2D eigenvalue weighted by atomic mass is 9.74. The molecule has 0 aliphatic rings. The van der Waals surface area contributed by atoms with Crippen molar-refractivity contribution in [1.29, 1.82) is 5.26 Å². The number of hydrogen-bond donors (Lipinski definition) is 0. The van der Waals surface area contributed by atoms with Crippen LogP contribution in [0.4, 0.5) is 0 Å². The zero-order chi connectivity index (χ0) is 13.8. The van der Waals surface area contributed by atoms with Crippen LogP contribution in [0.1, 0.15) is 19.4 Å². The molecule has 1 aromatic rings. The summed E-state index contributed by atoms with van der Waals surface area (Å²) in [6.07, 6.45) is 0.693. The molecule has 0 amide bonds. The predicted molar refractivity (Wildman–Crippen MR) is 67.7 cm³/mol. The summed E-state index contributed by atoms with van der Waals surface area (Å²) >= 11 is 0. The third-order valence-corrected chi connectivity index (χ3v) is 3.14. The molecule has 4 heteroatoms. The van der Waals surface area contributed by atoms with E-state index in [4.69, 9.17) is 9.47 Å². The number of nitrogens with zero attached hydrogens (tertiary/aromatic N) is 1. The molecule has 0 spiro atoms. The first kappa shape index (κ1) is 14.0. The van der Waals surface area contributed by atoms with Crippen molar-refractivity contribution in [2.75, 3.05) is 14.2 Å². The van der Waals surface area contributed by atoms with Gasteiger partial charge < -0.3 is 14.3 Å². The molecule has 0 aliphatic carbocycles. The summed E-state index contributed by atoms with van der Waals surface area (Å²) in [7, 11) is 3.06. The van der Waals surface area contributed by atoms with Gasteiger partial charge in [0.05, 0.1) is 20.3 Å². The number of carbonyl (C=O) groups is 1. The summed E-state index contributed by atoms with van der Waals surface area (Å²) in [6, 6.07) is 7.20. The van der Waals surface area contributed by atoms with Gasteiger partial charge in [0.25, 0.3) is 0 Å². The molecular formula is C14H17NO3. The largest absolute Gasteiger partial charge is 0.493 e. The molecule has 0 aromatic heterocycles. The minimum absolute atomic E-state index is 0.127. The normalized spacial score (nSPS) is 13.6. The quantitative estimate of drug-likeness (QED) is 0.749. The Bertz CT molecular complexity index is 476. The fourth-order valence-electron chi connectivity index (χ4n) is 1.85. The third-order valence-electron chi connectivity index (χ3n) is 3.14. The Morgan fingerprint density at radius 2 is 1.89 bits per heavy atom. The topological polar surface area (TPSA) is 59.3 Å². The highest BCUT2D eigenvalue weighted by Crippen LogP contribution is 2.36. The summed E-state index contributed by atoms with van der Waals surface area (Å²) < 4.78 is 10.3. The van der Waals surface area contributed by atoms with E-state index in [1.54, 1.807) is 18.2 Å². The highest BCUT2D eigenvalue weighted by molar-refractivity contribution is 5.74. The van der Waals surface area contributed by atoms with Crippen molar-refractivity contribution in [1.82, 2.24) is 0 Å². The van der Waals surface area contributed by atoms with E-state index in [0.717, 1.165) is 0 Å². The first-order chi connectivity index (χ1) is 8.55. The van der Waals surface area contributed by atoms with Gasteiger partial charge in [-0.2, -0.15) is 5.26 Å². The number of nitriles is 1. The Kier molecular flexibility index (Phi) is 4.33. The van der Waals surface area contributed by atoms with Crippen LogP contribution in [-0.2, 0) is 10.2 Å². The fourth-order valence-corrected chi connectivity index (χ4v) is 1.85. The van der Waals surface area contributed by atoms with Crippen molar-refractivity contribution in [3.05, 3.63) is 23.8 Å². The monoisotopic (exact) mass is 247 g/mol. The minimum Gasteiger partial charge on any atom is -0.493 e. The molecule has 1 unspecified atom stereocenters. The standard InChI is InChI=1S/C14H17NO3/c1-10(2)14(8-15,9-16)11-5-6-12(17-3)13(7-11)18-4/h5-7,9-10H,1-4H3. The van der Waals surface area contributed by atoms with E-state index in [2.05, 4.69) is 6.07 Å². The van der Waals surface area contributed by atoms with Crippen LogP contribution in [0.3, 0.4) is 0 Å². The SMILES string of the molecule is COc1ccc(C(C#N)(C=O)C(C)C)cc1OC. The second kappa shape index (κ2) is 5.54. The van der Waals surface area contributed by atoms with Crippen LogP contribution in [0.5, 0.6) is 11.5 Å². The van der Waals surface area contributed by atoms with Gasteiger partial charge in [-0.3, -0.25) is 0 Å². The Labute approximate surface area is 107 Å². The van der Waals surface area contributed by atoms with Crippen LogP contribution in [0.15, 0.2) is 18.2 Å². The molecule has 0 saturated heterocycles. The maximum atomic E-state index is 11.4. The molecule has 1 aromatic carbocycles. The van der Waals surface area contributed by atoms with Crippen LogP contribution < -0.4 is 9.47 Å². The van der Waals surface area contributed by atoms with Crippen molar-refractivity contribution in [3.8, 4) is 17.6 Å². The molecule has 96 valence electrons. The van der Waals surface area contributed by atoms with Gasteiger partial charge in [0.2, 0.25) is 0 Å². The number of methoxy groups -OCH3 is 2. The van der Waals surface area contributed by atoms with E-state index in [1.807, 2.05) is 13.8 Å². The van der Waals surface area contributed by atoms with Gasteiger partial charge in [-0.15, -0.1) is 0 Å². The zero-order valence-corrected chi connectivity index (χ0v) is 11.1. The predicted octanol–water partition coefficient (Wildman–Crippen LogP) is 2.32. The fraction of sp³-hybridized carbons (Fsp3) is 0.429. The molecule has 0 heterocycles. The number of hydrogen-bond acceptors (Lipinski definition) is 4. The Balaban J connectivity index is 3.40. The molecule has 0 fully saturated rings. The average Bonchev–Trinajstić information content (AvgIpc) is 2.40. The lowest BCUT2D eigenvalue weighted by Gasteiger charge is -2.25. The van der Waals surface area contributed by atoms with Crippen LogP contribution in [0, 0.1) is 17.2 Å². The summed E-state index contributed by atoms with van der Waals surface area (Å²) in [5, 5.41) is 9.34. The number of aldehydes is 1. The summed E-state index contributed by atoms with van der Waals surface area (Å²) in [5.41, 5.74) is -0.535. The first-order valence-corrected chi connectivity index (χ1v) is 5.65. The van der Waals surface area contributed by atoms with Gasteiger partial charge in [-0.1, -0.05) is 19.9 Å². The first-order valence-electron chi connectivity index (χ1n) is 5.65. The Morgan fingerprint density at radius 3 is 2.28 bits per heavy atom. The molecule has 0 radical (unpaired) electrons. The van der Waals surface area contributed by atoms with Crippen molar-refractivity contribution in [3.63, 3.8) is 0 Å². The Hall–Kier alpha value is -2.02. The van der Waals surface area contributed by atoms with E-state index in [9.17, 15) is 10.1 Å². The van der Waals surface area contributed by atoms with Crippen molar-refractivity contribution < 1.29 is 14.3 Å². The summed E-state index contributed by atoms with van der Waals surface area (Å²) in [4.78, 5) is 11.4. The van der Waals surface area contributed by atoms with E-state index in [1.165, 1.54) is 14.2 Å². The second-order valence-electron chi connectivity index (χ2n) is 4.32. The molecular weight excluding hydrogens is 230 g/mol. The minimum atomic E-state index is -1.15. The summed E-state index contributed by atoms with van der Waals surface area (Å²) in [5.74, 6) is 0.956. The van der Waals surface area contributed by atoms with Crippen LogP contribution in [-0.4, -0.2) is 20.5 Å². The molecule has 0 aliphatic heterocycles. The summed E-state index contributed by atoms with van der Waals surface area (Å²) in [6.45, 7) is 3.68. The lowest BCUT2D eigenvalue weighted by molar-refractivity contribution is -0.112. The average molecular weight is 247 g/mol. The molecule has 1 atom stereocenters. The number of rotatable bonds is 5. The van der Waals surface area contributed by atoms with Crippen molar-refractivity contribution >= 4 is 6.29 Å². The van der Waals surface area contributed by atoms with Crippen molar-refractivity contribution in [2.45, 2.75) is 19.3 Å². The lowest BCUT2D eigenvalue weighted by Crippen LogP contribution is -2.32. The maximum Gasteiger partial charge on any atom is 0.161 e. The van der Waals surface area contributed by atoms with E-state index in [-0.39, 0.29) is 5.92 Å². The Morgan fingerprint density at radius 1 is 1.28 bits per heavy atom. The zero-order valence-electron chi connectivity index (χ0n) is 11.1. The number of ether oxygens (including phenoxy) is 2. The van der Waals surface area contributed by atoms with Crippen LogP contribution >= 0.6 is 0 Å². The molecule has 0 N–H and O–H groups in total.